The van der Waals surface area contributed by atoms with Crippen LogP contribution < -0.4 is 38.5 Å². The predicted octanol–water partition coefficient (Wildman–Crippen LogP) is 17.1. The highest BCUT2D eigenvalue weighted by atomic mass is 19.1. The first-order chi connectivity index (χ1) is 66.4. The number of aromatic amines is 4. The van der Waals surface area contributed by atoms with E-state index in [1.54, 1.807) is 64.2 Å². The maximum Gasteiger partial charge on any atom is 0.272 e. The van der Waals surface area contributed by atoms with E-state index in [2.05, 4.69) is 145 Å². The van der Waals surface area contributed by atoms with Crippen molar-refractivity contribution in [3.8, 4) is 16.9 Å². The van der Waals surface area contributed by atoms with Crippen molar-refractivity contribution >= 4 is 95.3 Å². The number of H-pyrrole nitrogens is 4. The number of nitrogens with one attached hydrogen (secondary N) is 7. The number of fused-ring (bicyclic) bond motifs is 4. The van der Waals surface area contributed by atoms with Crippen LogP contribution in [0.5, 0.6) is 0 Å². The Kier molecular flexibility index (Phi) is 26.8. The number of nitrogens with zero attached hydrogens (tertiary/aromatic N) is 11. The van der Waals surface area contributed by atoms with Gasteiger partial charge in [0.1, 0.15) is 53.0 Å². The SMILES string of the molecule is C=C(C1CC1)N1CCN(C(=O)c2cc(Cc3n[nH]c(=O)c4ccccc34)ccc2F)CC1.CCCc1ccc(-c2[nH]c3cc(F)cc4c3c2CCNC4=O)cc1.C[C@]1(c2nc3c(C(N)=O)cccc3[nH]2)CCCN1.Cc1cc2c3c(c1)C(=O)CN=C3[C@H](c1ncnn1C)[C@@H](c1ccc(F)cc1)N2.NC(=O)c1cccc2cn(-c3ccc(C4CCCCC4)cc3)nc12.O=c1[nH]cnc2ccccc12. The number of carbonyl (C=O) groups excluding carboxylic acids is 5. The van der Waals surface area contributed by atoms with E-state index in [1.165, 1.54) is 105 Å². The first-order valence-electron chi connectivity index (χ1n) is 46.5. The number of amides is 4. The summed E-state index contributed by atoms with van der Waals surface area (Å²) < 4.78 is 45.6. The van der Waals surface area contributed by atoms with Gasteiger partial charge in [0, 0.05) is 102 Å². The van der Waals surface area contributed by atoms with Gasteiger partial charge in [-0.25, -0.2) is 37.9 Å². The van der Waals surface area contributed by atoms with Crippen molar-refractivity contribution in [2.24, 2.45) is 29.4 Å². The largest absolute Gasteiger partial charge is 0.377 e. The molecule has 0 bridgehead atoms. The minimum atomic E-state index is -0.525. The number of primary amides is 2. The van der Waals surface area contributed by atoms with Crippen LogP contribution in [0, 0.1) is 30.3 Å². The zero-order valence-electron chi connectivity index (χ0n) is 76.5. The van der Waals surface area contributed by atoms with Crippen molar-refractivity contribution < 1.29 is 37.1 Å². The number of carbonyl (C=O) groups is 5. The number of aromatic nitrogens is 12. The molecule has 23 rings (SSSR count). The molecule has 0 radical (unpaired) electrons. The molecule has 696 valence electrons. The zero-order chi connectivity index (χ0) is 95.3. The van der Waals surface area contributed by atoms with Crippen LogP contribution in [0.3, 0.4) is 0 Å². The lowest BCUT2D eigenvalue weighted by molar-refractivity contribution is 0.0660. The van der Waals surface area contributed by atoms with Crippen LogP contribution in [0.4, 0.5) is 18.9 Å². The third-order valence-electron chi connectivity index (χ3n) is 26.8. The average molecular weight is 1840 g/mol. The van der Waals surface area contributed by atoms with Crippen LogP contribution in [0.2, 0.25) is 0 Å². The average Bonchev–Trinajstić information content (AvgIpc) is 1.60. The van der Waals surface area contributed by atoms with Gasteiger partial charge in [-0.2, -0.15) is 15.3 Å². The Morgan fingerprint density at radius 2 is 1.36 bits per heavy atom. The highest BCUT2D eigenvalue weighted by molar-refractivity contribution is 6.21. The molecule has 7 aliphatic rings. The number of imidazole rings is 1. The van der Waals surface area contributed by atoms with Gasteiger partial charge in [0.15, 0.2) is 5.78 Å². The number of allylic oxidation sites excluding steroid dienone is 1. The molecule has 2 saturated carbocycles. The third-order valence-corrected chi connectivity index (χ3v) is 26.8. The molecule has 0 spiro atoms. The maximum absolute atomic E-state index is 14.6. The van der Waals surface area contributed by atoms with Gasteiger partial charge in [0.2, 0.25) is 0 Å². The van der Waals surface area contributed by atoms with Gasteiger partial charge < -0.3 is 52.2 Å². The Bertz CT molecular complexity index is 7450. The molecule has 6 aromatic heterocycles. The molecule has 4 amide bonds. The normalized spacial score (nSPS) is 17.1. The lowest BCUT2D eigenvalue weighted by Crippen LogP contribution is -2.48. The molecule has 10 aromatic carbocycles. The number of aliphatic imine (C=N–C) groups is 1. The molecule has 11 heterocycles. The summed E-state index contributed by atoms with van der Waals surface area (Å²) in [6.45, 7) is 14.7. The number of nitrogens with two attached hydrogens (primary N) is 2. The van der Waals surface area contributed by atoms with Crippen LogP contribution in [0.25, 0.3) is 71.5 Å². The Labute approximate surface area is 787 Å². The van der Waals surface area contributed by atoms with Gasteiger partial charge in [-0.1, -0.05) is 142 Å². The topological polar surface area (TPSA) is 377 Å². The fourth-order valence-electron chi connectivity index (χ4n) is 19.5. The van der Waals surface area contributed by atoms with Crippen LogP contribution in [0.15, 0.2) is 246 Å². The Balaban J connectivity index is 0.000000112. The summed E-state index contributed by atoms with van der Waals surface area (Å²) in [4.78, 5) is 115. The first kappa shape index (κ1) is 91.9. The van der Waals surface area contributed by atoms with Crippen molar-refractivity contribution in [3.05, 3.63) is 354 Å². The number of piperazine rings is 1. The van der Waals surface area contributed by atoms with E-state index in [0.717, 1.165) is 147 Å². The molecule has 2 saturated heterocycles. The number of benzene rings is 10. The third kappa shape index (κ3) is 19.7. The number of anilines is 1. The van der Waals surface area contributed by atoms with E-state index < -0.39 is 23.4 Å². The van der Waals surface area contributed by atoms with E-state index in [0.29, 0.717) is 93.2 Å². The number of rotatable bonds is 15. The smallest absolute Gasteiger partial charge is 0.272 e. The quantitative estimate of drug-likeness (QED) is 0.0460. The van der Waals surface area contributed by atoms with Crippen molar-refractivity contribution in [2.45, 2.75) is 128 Å². The fourth-order valence-corrected chi connectivity index (χ4v) is 19.5. The van der Waals surface area contributed by atoms with Gasteiger partial charge >= 0.3 is 0 Å². The molecule has 2 aliphatic carbocycles. The number of hydrogen-bond donors (Lipinski definition) is 9. The summed E-state index contributed by atoms with van der Waals surface area (Å²) in [6.07, 6.45) is 19.4. The van der Waals surface area contributed by atoms with Crippen LogP contribution in [-0.4, -0.2) is 150 Å². The second kappa shape index (κ2) is 39.9. The lowest BCUT2D eigenvalue weighted by Gasteiger charge is -2.38. The second-order valence-corrected chi connectivity index (χ2v) is 36.0. The van der Waals surface area contributed by atoms with Crippen molar-refractivity contribution in [3.63, 3.8) is 0 Å². The maximum atomic E-state index is 14.6. The summed E-state index contributed by atoms with van der Waals surface area (Å²) >= 11 is 0. The van der Waals surface area contributed by atoms with E-state index in [9.17, 15) is 46.7 Å². The summed E-state index contributed by atoms with van der Waals surface area (Å²) in [5.41, 5.74) is 30.0. The molecule has 30 heteroatoms. The van der Waals surface area contributed by atoms with Gasteiger partial charge in [-0.05, 0) is 220 Å². The first-order valence-corrected chi connectivity index (χ1v) is 46.5. The highest BCUT2D eigenvalue weighted by Crippen LogP contribution is 2.46. The summed E-state index contributed by atoms with van der Waals surface area (Å²) in [5.74, 6) is 0.0984. The van der Waals surface area contributed by atoms with Crippen LogP contribution >= 0.6 is 0 Å². The van der Waals surface area contributed by atoms with Crippen LogP contribution in [0.1, 0.15) is 204 Å². The minimum absolute atomic E-state index is 0.0162. The standard InChI is InChI=1S/C25H25FN4O2.C21H18FN5O.C20H19FN2O.C20H21N3O.C13H16N4O.C8H6N2O/c1-16(18-7-8-18)29-10-12-30(13-11-29)25(32)21-14-17(6-9-22(21)26)15-23-19-4-2-3-5-20(19)24(31)28-27-23;1-11-7-14-16(28)9-23-20-17(14)15(8-11)26-19(12-3-5-13(22)6-4-12)18(20)21-24-10-25-27(21)2;1-2-3-12-4-6-13(7-5-12)19-15-8-9-22-20(24)16-10-14(21)11-17(23-19)18(15)16;21-20(24)18-8-4-7-16-13-23(22-19(16)18)17-11-9-15(10-12-17)14-5-2-1-3-6-14;1-13(6-3-7-15-13)12-16-9-5-2-4-8(11(14)18)10(9)17-12;11-8-6-3-1-2-4-7(6)9-5-10-8/h2-6,9,14,18H,1,7-8,10-13,15H2,(H,28,31);3-8,10,18-19,26H,9H2,1-2H3;4-7,10-11,23H,2-3,8-9H2,1H3,(H,22,24);4,7-14H,1-3,5-6H2,(H2,21,24);2,4-5,15H,3,6-7H2,1H3,(H2,14,18)(H,16,17);1-5H,(H,9,10,11)/t;18-,19-;;;13-;/m.1..1./s1. The number of ketones is 1. The predicted molar refractivity (Wildman–Crippen MR) is 525 cm³/mol. The Hall–Kier alpha value is -15.6. The Morgan fingerprint density at radius 3 is 2.07 bits per heavy atom. The molecule has 3 atom stereocenters. The molecule has 137 heavy (non-hydrogen) atoms. The fraction of sp³-hybridized carbons (Fsp3) is 0.271. The molecule has 11 N–H and O–H groups in total. The molecule has 4 fully saturated rings. The van der Waals surface area contributed by atoms with Gasteiger partial charge in [0.25, 0.3) is 34.7 Å². The minimum Gasteiger partial charge on any atom is -0.377 e. The molecule has 5 aliphatic heterocycles. The van der Waals surface area contributed by atoms with Gasteiger partial charge in [-0.3, -0.25) is 43.2 Å². The number of hydrogen-bond acceptors (Lipinski definition) is 17. The number of aryl methyl sites for hydroxylation is 3. The number of halogens is 3. The van der Waals surface area contributed by atoms with Crippen molar-refractivity contribution in [1.82, 2.24) is 80.1 Å². The van der Waals surface area contributed by atoms with E-state index >= 15 is 0 Å². The number of Topliss-reactive ketones (excluding diaryl/α,β-unsaturated/α-hetero) is 1. The van der Waals surface area contributed by atoms with E-state index in [1.807, 2.05) is 91.6 Å². The van der Waals surface area contributed by atoms with Crippen LogP contribution in [-0.2, 0) is 31.8 Å². The van der Waals surface area contributed by atoms with Gasteiger partial charge in [-0.15, -0.1) is 0 Å². The summed E-state index contributed by atoms with van der Waals surface area (Å²) in [6, 6.07) is 60.1. The monoisotopic (exact) mass is 1840 g/mol. The molecule has 16 aromatic rings. The molecular formula is C107H105F3N20O7. The van der Waals surface area contributed by atoms with E-state index in [-0.39, 0.29) is 64.1 Å². The number of para-hydroxylation sites is 2. The summed E-state index contributed by atoms with van der Waals surface area (Å²) in [7, 11) is 1.84. The van der Waals surface area contributed by atoms with E-state index in [4.69, 9.17) is 11.5 Å². The highest BCUT2D eigenvalue weighted by Gasteiger charge is 2.43. The molecule has 27 nitrogen and oxygen atoms in total. The lowest BCUT2D eigenvalue weighted by atomic mass is 9.77. The van der Waals surface area contributed by atoms with Crippen molar-refractivity contribution in [2.75, 3.05) is 51.1 Å². The molecule has 0 unspecified atom stereocenters. The summed E-state index contributed by atoms with van der Waals surface area (Å²) in [5, 5.41) is 29.1. The van der Waals surface area contributed by atoms with Gasteiger partial charge in [0.05, 0.1) is 85.0 Å². The Morgan fingerprint density at radius 1 is 0.650 bits per heavy atom. The molecular weight excluding hydrogens is 1730 g/mol. The second-order valence-electron chi connectivity index (χ2n) is 36.0. The van der Waals surface area contributed by atoms with Crippen molar-refractivity contribution in [1.29, 1.82) is 0 Å². The zero-order valence-corrected chi connectivity index (χ0v) is 76.5.